The molecule has 140 valence electrons. The van der Waals surface area contributed by atoms with Gasteiger partial charge in [0.05, 0.1) is 19.9 Å². The highest BCUT2D eigenvalue weighted by Gasteiger charge is 2.52. The van der Waals surface area contributed by atoms with Gasteiger partial charge in [0.2, 0.25) is 5.82 Å². The zero-order chi connectivity index (χ0) is 18.7. The van der Waals surface area contributed by atoms with Crippen LogP contribution >= 0.6 is 0 Å². The number of halogens is 1. The minimum absolute atomic E-state index is 0.0745. The Balaban J connectivity index is 1.32. The van der Waals surface area contributed by atoms with Crippen LogP contribution in [0.3, 0.4) is 0 Å². The number of fused-ring (bicyclic) bond motifs is 1. The normalized spacial score (nSPS) is 22.6. The first-order valence-corrected chi connectivity index (χ1v) is 8.96. The van der Waals surface area contributed by atoms with E-state index in [1.807, 2.05) is 36.4 Å². The van der Waals surface area contributed by atoms with Crippen LogP contribution in [0.15, 0.2) is 60.5 Å². The standard InChI is InChI=1S/C21H21FN2O3/c1-25-17-7-8-21(12-16(21)11-17)9-10-26-19-18(22)13-23-20(24-19)27-14-15-5-3-2-4-6-15/h2-8,11,13,16H,9-10,12,14H2,1H3. The summed E-state index contributed by atoms with van der Waals surface area (Å²) < 4.78 is 30.3. The molecule has 0 saturated heterocycles. The SMILES string of the molecule is COC1=CC2CC2(CCOc2nc(OCc3ccccc3)ncc2F)C=C1. The third-order valence-corrected chi connectivity index (χ3v) is 5.07. The van der Waals surface area contributed by atoms with Crippen LogP contribution in [0.5, 0.6) is 11.9 Å². The zero-order valence-electron chi connectivity index (χ0n) is 15.1. The van der Waals surface area contributed by atoms with Gasteiger partial charge in [-0.2, -0.15) is 9.37 Å². The average molecular weight is 368 g/mol. The lowest BCUT2D eigenvalue weighted by atomic mass is 9.95. The van der Waals surface area contributed by atoms with E-state index in [1.165, 1.54) is 0 Å². The van der Waals surface area contributed by atoms with Gasteiger partial charge in [0, 0.05) is 0 Å². The highest BCUT2D eigenvalue weighted by molar-refractivity contribution is 5.32. The predicted molar refractivity (Wildman–Crippen MR) is 97.6 cm³/mol. The molecule has 5 nitrogen and oxygen atoms in total. The van der Waals surface area contributed by atoms with Crippen LogP contribution in [0.2, 0.25) is 0 Å². The largest absolute Gasteiger partial charge is 0.497 e. The summed E-state index contributed by atoms with van der Waals surface area (Å²) >= 11 is 0. The number of hydrogen-bond acceptors (Lipinski definition) is 5. The highest BCUT2D eigenvalue weighted by atomic mass is 19.1. The second-order valence-electron chi connectivity index (χ2n) is 6.83. The summed E-state index contributed by atoms with van der Waals surface area (Å²) in [5.74, 6) is 0.708. The summed E-state index contributed by atoms with van der Waals surface area (Å²) in [5, 5.41) is 0. The molecule has 1 aromatic heterocycles. The van der Waals surface area contributed by atoms with Crippen molar-refractivity contribution in [3.8, 4) is 11.9 Å². The summed E-state index contributed by atoms with van der Waals surface area (Å²) in [7, 11) is 1.67. The van der Waals surface area contributed by atoms with Crippen molar-refractivity contribution >= 4 is 0 Å². The molecule has 0 spiro atoms. The van der Waals surface area contributed by atoms with Crippen LogP contribution in [0.4, 0.5) is 4.39 Å². The molecule has 1 fully saturated rings. The molecular formula is C21H21FN2O3. The number of rotatable bonds is 8. The van der Waals surface area contributed by atoms with Crippen LogP contribution in [0, 0.1) is 17.2 Å². The number of hydrogen-bond donors (Lipinski definition) is 0. The number of methoxy groups -OCH3 is 1. The lowest BCUT2D eigenvalue weighted by molar-refractivity contribution is 0.239. The Hall–Kier alpha value is -2.89. The Bertz CT molecular complexity index is 869. The van der Waals surface area contributed by atoms with Crippen LogP contribution in [-0.4, -0.2) is 23.7 Å². The van der Waals surface area contributed by atoms with Gasteiger partial charge in [-0.1, -0.05) is 36.4 Å². The maximum absolute atomic E-state index is 14.0. The Morgan fingerprint density at radius 3 is 2.85 bits per heavy atom. The fraction of sp³-hybridized carbons (Fsp3) is 0.333. The van der Waals surface area contributed by atoms with E-state index in [0.29, 0.717) is 19.1 Å². The highest BCUT2D eigenvalue weighted by Crippen LogP contribution is 2.59. The lowest BCUT2D eigenvalue weighted by Gasteiger charge is -2.16. The van der Waals surface area contributed by atoms with Gasteiger partial charge in [-0.15, -0.1) is 0 Å². The molecule has 2 atom stereocenters. The topological polar surface area (TPSA) is 53.5 Å². The Morgan fingerprint density at radius 1 is 1.22 bits per heavy atom. The number of nitrogens with zero attached hydrogens (tertiary/aromatic N) is 2. The monoisotopic (exact) mass is 368 g/mol. The maximum Gasteiger partial charge on any atom is 0.320 e. The van der Waals surface area contributed by atoms with E-state index in [2.05, 4.69) is 22.1 Å². The van der Waals surface area contributed by atoms with Gasteiger partial charge in [0.25, 0.3) is 5.88 Å². The number of allylic oxidation sites excluding steroid dienone is 3. The molecule has 1 heterocycles. The zero-order valence-corrected chi connectivity index (χ0v) is 15.1. The molecule has 6 heteroatoms. The van der Waals surface area contributed by atoms with E-state index < -0.39 is 5.82 Å². The minimum atomic E-state index is -0.590. The Morgan fingerprint density at radius 2 is 2.07 bits per heavy atom. The van der Waals surface area contributed by atoms with Crippen molar-refractivity contribution in [1.29, 1.82) is 0 Å². The van der Waals surface area contributed by atoms with Crippen molar-refractivity contribution in [1.82, 2.24) is 9.97 Å². The van der Waals surface area contributed by atoms with E-state index in [4.69, 9.17) is 14.2 Å². The van der Waals surface area contributed by atoms with Crippen LogP contribution < -0.4 is 9.47 Å². The summed E-state index contributed by atoms with van der Waals surface area (Å²) in [5.41, 5.74) is 1.09. The molecule has 1 aromatic carbocycles. The molecule has 2 aliphatic rings. The van der Waals surface area contributed by atoms with Gasteiger partial charge in [-0.05, 0) is 41.9 Å². The first-order chi connectivity index (χ1) is 13.2. The van der Waals surface area contributed by atoms with Crippen molar-refractivity contribution in [3.63, 3.8) is 0 Å². The molecule has 0 N–H and O–H groups in total. The summed E-state index contributed by atoms with van der Waals surface area (Å²) in [4.78, 5) is 7.92. The van der Waals surface area contributed by atoms with Crippen molar-refractivity contribution in [2.24, 2.45) is 11.3 Å². The van der Waals surface area contributed by atoms with E-state index in [9.17, 15) is 4.39 Å². The van der Waals surface area contributed by atoms with Crippen molar-refractivity contribution < 1.29 is 18.6 Å². The molecule has 2 aliphatic carbocycles. The predicted octanol–water partition coefficient (Wildman–Crippen LogP) is 4.07. The van der Waals surface area contributed by atoms with Gasteiger partial charge in [0.15, 0.2) is 0 Å². The maximum atomic E-state index is 14.0. The smallest absolute Gasteiger partial charge is 0.320 e. The van der Waals surface area contributed by atoms with Crippen molar-refractivity contribution in [3.05, 3.63) is 71.9 Å². The van der Waals surface area contributed by atoms with Gasteiger partial charge in [-0.25, -0.2) is 4.98 Å². The minimum Gasteiger partial charge on any atom is -0.497 e. The summed E-state index contributed by atoms with van der Waals surface area (Å²) in [6.07, 6.45) is 9.24. The lowest BCUT2D eigenvalue weighted by Crippen LogP contribution is -2.11. The van der Waals surface area contributed by atoms with E-state index >= 15 is 0 Å². The van der Waals surface area contributed by atoms with Gasteiger partial charge >= 0.3 is 6.01 Å². The van der Waals surface area contributed by atoms with Crippen LogP contribution in [-0.2, 0) is 11.3 Å². The van der Waals surface area contributed by atoms with Crippen molar-refractivity contribution in [2.75, 3.05) is 13.7 Å². The average Bonchev–Trinajstić information content (AvgIpc) is 3.42. The first kappa shape index (κ1) is 17.5. The molecule has 2 aromatic rings. The van der Waals surface area contributed by atoms with Crippen molar-refractivity contribution in [2.45, 2.75) is 19.4 Å². The van der Waals surface area contributed by atoms with E-state index in [0.717, 1.165) is 30.4 Å². The molecule has 0 aliphatic heterocycles. The second kappa shape index (κ2) is 7.39. The van der Waals surface area contributed by atoms with E-state index in [1.54, 1.807) is 7.11 Å². The number of benzene rings is 1. The number of ether oxygens (including phenoxy) is 3. The molecular weight excluding hydrogens is 347 g/mol. The van der Waals surface area contributed by atoms with E-state index in [-0.39, 0.29) is 17.3 Å². The third kappa shape index (κ3) is 3.94. The van der Waals surface area contributed by atoms with Gasteiger partial charge in [0.1, 0.15) is 12.4 Å². The molecule has 27 heavy (non-hydrogen) atoms. The Kier molecular flexibility index (Phi) is 4.79. The summed E-state index contributed by atoms with van der Waals surface area (Å²) in [6, 6.07) is 9.76. The molecule has 0 amide bonds. The molecule has 0 radical (unpaired) electrons. The quantitative estimate of drug-likeness (QED) is 0.703. The summed E-state index contributed by atoms with van der Waals surface area (Å²) in [6.45, 7) is 0.693. The molecule has 4 rings (SSSR count). The third-order valence-electron chi connectivity index (χ3n) is 5.07. The fourth-order valence-electron chi connectivity index (χ4n) is 3.34. The van der Waals surface area contributed by atoms with Gasteiger partial charge < -0.3 is 14.2 Å². The Labute approximate surface area is 157 Å². The number of aromatic nitrogens is 2. The van der Waals surface area contributed by atoms with Crippen LogP contribution in [0.1, 0.15) is 18.4 Å². The fourth-order valence-corrected chi connectivity index (χ4v) is 3.34. The second-order valence-corrected chi connectivity index (χ2v) is 6.83. The first-order valence-electron chi connectivity index (χ1n) is 8.96. The molecule has 0 bridgehead atoms. The molecule has 1 saturated carbocycles. The van der Waals surface area contributed by atoms with Gasteiger partial charge in [-0.3, -0.25) is 0 Å². The van der Waals surface area contributed by atoms with Crippen LogP contribution in [0.25, 0.3) is 0 Å². The molecule has 2 unspecified atom stereocenters.